The fourth-order valence-corrected chi connectivity index (χ4v) is 2.74. The fourth-order valence-electron chi connectivity index (χ4n) is 1.51. The molecule has 0 aromatic rings. The van der Waals surface area contributed by atoms with Crippen molar-refractivity contribution >= 4 is 24.1 Å². The van der Waals surface area contributed by atoms with Crippen LogP contribution in [-0.2, 0) is 9.53 Å². The lowest BCUT2D eigenvalue weighted by Crippen LogP contribution is -2.53. The van der Waals surface area contributed by atoms with Gasteiger partial charge in [0, 0.05) is 0 Å². The number of ether oxygens (including phenoxy) is 1. The van der Waals surface area contributed by atoms with Crippen molar-refractivity contribution in [1.82, 2.24) is 5.32 Å². The first kappa shape index (κ1) is 13.4. The topological polar surface area (TPSA) is 55.4 Å². The summed E-state index contributed by atoms with van der Waals surface area (Å²) < 4.78 is 5.15. The van der Waals surface area contributed by atoms with Crippen LogP contribution in [0.15, 0.2) is 0 Å². The molecule has 16 heavy (non-hydrogen) atoms. The van der Waals surface area contributed by atoms with E-state index in [-0.39, 0.29) is 0 Å². The van der Waals surface area contributed by atoms with Crippen LogP contribution in [0.1, 0.15) is 33.6 Å². The van der Waals surface area contributed by atoms with Gasteiger partial charge in [0.05, 0.1) is 0 Å². The van der Waals surface area contributed by atoms with Gasteiger partial charge in [-0.05, 0) is 45.1 Å². The SMILES string of the molecule is CC(C)(C)OC(=O)NC1(C=O)CCSCC1. The van der Waals surface area contributed by atoms with Gasteiger partial charge in [-0.25, -0.2) is 4.79 Å². The van der Waals surface area contributed by atoms with Gasteiger partial charge in [0.1, 0.15) is 17.4 Å². The van der Waals surface area contributed by atoms with Gasteiger partial charge in [-0.15, -0.1) is 0 Å². The van der Waals surface area contributed by atoms with Gasteiger partial charge < -0.3 is 14.8 Å². The summed E-state index contributed by atoms with van der Waals surface area (Å²) >= 11 is 1.80. The molecule has 1 saturated heterocycles. The minimum Gasteiger partial charge on any atom is -0.444 e. The lowest BCUT2D eigenvalue weighted by atomic mass is 9.94. The standard InChI is InChI=1S/C11H19NO3S/c1-10(2,3)15-9(14)12-11(8-13)4-6-16-7-5-11/h8H,4-7H2,1-3H3,(H,12,14). The number of aldehydes is 1. The van der Waals surface area contributed by atoms with Gasteiger partial charge in [0.25, 0.3) is 0 Å². The van der Waals surface area contributed by atoms with Crippen molar-refractivity contribution < 1.29 is 14.3 Å². The molecule has 0 spiro atoms. The van der Waals surface area contributed by atoms with Crippen LogP contribution in [0.5, 0.6) is 0 Å². The van der Waals surface area contributed by atoms with Gasteiger partial charge in [-0.2, -0.15) is 11.8 Å². The Bertz CT molecular complexity index is 267. The monoisotopic (exact) mass is 245 g/mol. The van der Waals surface area contributed by atoms with Crippen molar-refractivity contribution in [2.24, 2.45) is 0 Å². The molecular weight excluding hydrogens is 226 g/mol. The summed E-state index contributed by atoms with van der Waals surface area (Å²) in [6.45, 7) is 5.41. The maximum Gasteiger partial charge on any atom is 0.408 e. The van der Waals surface area contributed by atoms with Crippen LogP contribution in [0.3, 0.4) is 0 Å². The molecule has 0 aromatic carbocycles. The smallest absolute Gasteiger partial charge is 0.408 e. The van der Waals surface area contributed by atoms with Crippen molar-refractivity contribution in [1.29, 1.82) is 0 Å². The number of hydrogen-bond acceptors (Lipinski definition) is 4. The van der Waals surface area contributed by atoms with E-state index in [4.69, 9.17) is 4.74 Å². The van der Waals surface area contributed by atoms with Crippen LogP contribution in [0.4, 0.5) is 4.79 Å². The summed E-state index contributed by atoms with van der Waals surface area (Å²) in [5.74, 6) is 1.79. The highest BCUT2D eigenvalue weighted by Crippen LogP contribution is 2.25. The second-order valence-corrected chi connectivity index (χ2v) is 6.24. The number of rotatable bonds is 2. The van der Waals surface area contributed by atoms with E-state index in [1.807, 2.05) is 0 Å². The van der Waals surface area contributed by atoms with Crippen molar-refractivity contribution in [2.75, 3.05) is 11.5 Å². The molecule has 1 amide bonds. The zero-order chi connectivity index (χ0) is 12.2. The van der Waals surface area contributed by atoms with E-state index in [1.54, 1.807) is 32.5 Å². The zero-order valence-electron chi connectivity index (χ0n) is 10.0. The van der Waals surface area contributed by atoms with Crippen LogP contribution in [0.2, 0.25) is 0 Å². The molecule has 0 bridgehead atoms. The normalized spacial score (nSPS) is 19.9. The molecule has 92 valence electrons. The number of amides is 1. The molecule has 0 atom stereocenters. The lowest BCUT2D eigenvalue weighted by molar-refractivity contribution is -0.113. The average Bonchev–Trinajstić information content (AvgIpc) is 2.16. The van der Waals surface area contributed by atoms with E-state index in [9.17, 15) is 9.59 Å². The zero-order valence-corrected chi connectivity index (χ0v) is 10.9. The molecule has 0 unspecified atom stereocenters. The molecule has 1 heterocycles. The quantitative estimate of drug-likeness (QED) is 0.756. The Morgan fingerprint density at radius 2 is 1.94 bits per heavy atom. The van der Waals surface area contributed by atoms with E-state index in [1.165, 1.54) is 0 Å². The minimum atomic E-state index is -0.715. The van der Waals surface area contributed by atoms with Crippen molar-refractivity contribution in [3.05, 3.63) is 0 Å². The third-order valence-electron chi connectivity index (χ3n) is 2.36. The summed E-state index contributed by atoms with van der Waals surface area (Å²) in [5.41, 5.74) is -1.24. The van der Waals surface area contributed by atoms with E-state index in [2.05, 4.69) is 5.32 Å². The Labute approximate surface area is 100 Å². The molecule has 1 fully saturated rings. The predicted molar refractivity (Wildman–Crippen MR) is 64.7 cm³/mol. The number of alkyl carbamates (subject to hydrolysis) is 1. The molecule has 1 aliphatic heterocycles. The van der Waals surface area contributed by atoms with Crippen LogP contribution < -0.4 is 5.32 Å². The third-order valence-corrected chi connectivity index (χ3v) is 3.35. The molecule has 0 aliphatic carbocycles. The van der Waals surface area contributed by atoms with Crippen LogP contribution in [0.25, 0.3) is 0 Å². The molecule has 0 aromatic heterocycles. The maximum atomic E-state index is 11.6. The van der Waals surface area contributed by atoms with Gasteiger partial charge in [0.2, 0.25) is 0 Å². The highest BCUT2D eigenvalue weighted by atomic mass is 32.2. The van der Waals surface area contributed by atoms with Gasteiger partial charge in [-0.1, -0.05) is 0 Å². The van der Waals surface area contributed by atoms with Crippen LogP contribution in [-0.4, -0.2) is 35.0 Å². The number of nitrogens with one attached hydrogen (secondary N) is 1. The summed E-state index contributed by atoms with van der Waals surface area (Å²) in [6.07, 6.45) is 1.70. The molecule has 1 N–H and O–H groups in total. The second-order valence-electron chi connectivity index (χ2n) is 5.01. The first-order chi connectivity index (χ1) is 7.37. The number of hydrogen-bond donors (Lipinski definition) is 1. The molecule has 4 nitrogen and oxygen atoms in total. The van der Waals surface area contributed by atoms with E-state index < -0.39 is 17.2 Å². The molecular formula is C11H19NO3S. The average molecular weight is 245 g/mol. The lowest BCUT2D eigenvalue weighted by Gasteiger charge is -2.33. The minimum absolute atomic E-state index is 0.508. The maximum absolute atomic E-state index is 11.6. The first-order valence-corrected chi connectivity index (χ1v) is 6.58. The Morgan fingerprint density at radius 3 is 2.38 bits per heavy atom. The summed E-state index contributed by atoms with van der Waals surface area (Å²) in [6, 6.07) is 0. The highest BCUT2D eigenvalue weighted by molar-refractivity contribution is 7.99. The van der Waals surface area contributed by atoms with Crippen molar-refractivity contribution in [2.45, 2.75) is 44.8 Å². The van der Waals surface area contributed by atoms with E-state index >= 15 is 0 Å². The summed E-state index contributed by atoms with van der Waals surface area (Å²) in [5, 5.41) is 2.70. The van der Waals surface area contributed by atoms with E-state index in [0.717, 1.165) is 17.8 Å². The Hall–Kier alpha value is -0.710. The van der Waals surface area contributed by atoms with Crippen molar-refractivity contribution in [3.8, 4) is 0 Å². The molecule has 0 radical (unpaired) electrons. The van der Waals surface area contributed by atoms with Crippen molar-refractivity contribution in [3.63, 3.8) is 0 Å². The largest absolute Gasteiger partial charge is 0.444 e. The molecule has 5 heteroatoms. The first-order valence-electron chi connectivity index (χ1n) is 5.42. The molecule has 0 saturated carbocycles. The summed E-state index contributed by atoms with van der Waals surface area (Å²) in [4.78, 5) is 22.7. The Kier molecular flexibility index (Phi) is 4.24. The highest BCUT2D eigenvalue weighted by Gasteiger charge is 2.34. The number of carbonyl (C=O) groups is 2. The van der Waals surface area contributed by atoms with Crippen LogP contribution in [0, 0.1) is 0 Å². The van der Waals surface area contributed by atoms with Gasteiger partial charge >= 0.3 is 6.09 Å². The third kappa shape index (κ3) is 4.04. The number of carbonyl (C=O) groups excluding carboxylic acids is 2. The van der Waals surface area contributed by atoms with Gasteiger partial charge in [-0.3, -0.25) is 0 Å². The number of thioether (sulfide) groups is 1. The van der Waals surface area contributed by atoms with Gasteiger partial charge in [0.15, 0.2) is 0 Å². The molecule has 1 rings (SSSR count). The Balaban J connectivity index is 2.56. The Morgan fingerprint density at radius 1 is 1.38 bits per heavy atom. The van der Waals surface area contributed by atoms with E-state index in [0.29, 0.717) is 12.8 Å². The fraction of sp³-hybridized carbons (Fsp3) is 0.818. The molecule has 1 aliphatic rings. The second kappa shape index (κ2) is 5.08. The summed E-state index contributed by atoms with van der Waals surface area (Å²) in [7, 11) is 0. The predicted octanol–water partition coefficient (Wildman–Crippen LogP) is 1.98. The van der Waals surface area contributed by atoms with Crippen LogP contribution >= 0.6 is 11.8 Å².